The quantitative estimate of drug-likeness (QED) is 0.0233. The Labute approximate surface area is 380 Å². The number of aliphatic carboxylic acids is 1. The Morgan fingerprint density at radius 2 is 0.887 bits per heavy atom. The van der Waals surface area contributed by atoms with Gasteiger partial charge in [0.2, 0.25) is 0 Å². The number of carboxylic acid groups (broad SMARTS) is 1. The molecule has 11 heteroatoms. The van der Waals surface area contributed by atoms with E-state index in [2.05, 4.69) is 50.3 Å². The number of rotatable bonds is 49. The average molecular weight is 898 g/mol. The standard InChI is InChI=1S/C51H96NO9P/c1-3-5-7-9-11-13-15-17-19-21-23-24-25-27-29-31-33-35-37-39-41-43-50(53)61-48(46-59-62(56,57)60-47-49(52)51(54)55)45-58-44-42-40-38-36-34-32-30-28-26-22-20-18-16-14-12-10-8-6-4-2/h15,17,21,23,25,27,48-49H,3-14,16,18-20,22,24,26,28-47,52H2,1-2H3,(H,54,55)(H,56,57)/b17-15-,23-21-,27-25-. The van der Waals surface area contributed by atoms with Gasteiger partial charge in [0.05, 0.1) is 19.8 Å². The maximum absolute atomic E-state index is 12.7. The van der Waals surface area contributed by atoms with Crippen LogP contribution in [0.5, 0.6) is 0 Å². The first-order valence-electron chi connectivity index (χ1n) is 25.5. The van der Waals surface area contributed by atoms with Crippen molar-refractivity contribution in [3.05, 3.63) is 36.5 Å². The minimum atomic E-state index is -4.62. The Hall–Kier alpha value is -1.81. The number of ether oxygens (including phenoxy) is 2. The average Bonchev–Trinajstić information content (AvgIpc) is 3.25. The number of hydrogen-bond acceptors (Lipinski definition) is 8. The topological polar surface area (TPSA) is 155 Å². The fraction of sp³-hybridized carbons (Fsp3) is 0.843. The van der Waals surface area contributed by atoms with Gasteiger partial charge in [0.15, 0.2) is 0 Å². The summed E-state index contributed by atoms with van der Waals surface area (Å²) in [4.78, 5) is 33.7. The van der Waals surface area contributed by atoms with Crippen molar-refractivity contribution >= 4 is 19.8 Å². The Balaban J connectivity index is 4.16. The van der Waals surface area contributed by atoms with Crippen LogP contribution in [0.3, 0.4) is 0 Å². The summed E-state index contributed by atoms with van der Waals surface area (Å²) < 4.78 is 33.5. The Morgan fingerprint density at radius 1 is 0.516 bits per heavy atom. The van der Waals surface area contributed by atoms with Crippen LogP contribution < -0.4 is 5.73 Å². The third-order valence-electron chi connectivity index (χ3n) is 11.2. The number of carbonyl (C=O) groups is 2. The molecule has 62 heavy (non-hydrogen) atoms. The first-order valence-corrected chi connectivity index (χ1v) is 27.0. The van der Waals surface area contributed by atoms with Gasteiger partial charge in [0.1, 0.15) is 12.1 Å². The van der Waals surface area contributed by atoms with Crippen molar-refractivity contribution < 1.29 is 42.7 Å². The normalized spacial score (nSPS) is 14.0. The second kappa shape index (κ2) is 47.2. The van der Waals surface area contributed by atoms with E-state index in [1.165, 1.54) is 141 Å². The molecule has 0 saturated carbocycles. The number of nitrogens with two attached hydrogens (primary N) is 1. The predicted octanol–water partition coefficient (Wildman–Crippen LogP) is 14.8. The highest BCUT2D eigenvalue weighted by Gasteiger charge is 2.27. The van der Waals surface area contributed by atoms with E-state index < -0.39 is 45.1 Å². The number of carbonyl (C=O) groups excluding carboxylic acids is 1. The van der Waals surface area contributed by atoms with Crippen molar-refractivity contribution in [2.24, 2.45) is 5.73 Å². The monoisotopic (exact) mass is 898 g/mol. The lowest BCUT2D eigenvalue weighted by Crippen LogP contribution is -2.34. The molecule has 0 aromatic rings. The highest BCUT2D eigenvalue weighted by molar-refractivity contribution is 7.47. The van der Waals surface area contributed by atoms with Crippen LogP contribution in [0.25, 0.3) is 0 Å². The first-order chi connectivity index (χ1) is 30.2. The van der Waals surface area contributed by atoms with Crippen LogP contribution in [0.2, 0.25) is 0 Å². The van der Waals surface area contributed by atoms with Crippen LogP contribution in [0.4, 0.5) is 0 Å². The molecule has 10 nitrogen and oxygen atoms in total. The minimum absolute atomic E-state index is 0.0147. The van der Waals surface area contributed by atoms with Gasteiger partial charge in [-0.05, 0) is 51.4 Å². The number of phosphoric acid groups is 1. The maximum atomic E-state index is 12.7. The fourth-order valence-corrected chi connectivity index (χ4v) is 7.98. The van der Waals surface area contributed by atoms with Crippen LogP contribution in [-0.2, 0) is 32.7 Å². The third kappa shape index (κ3) is 46.2. The van der Waals surface area contributed by atoms with Crippen molar-refractivity contribution in [3.8, 4) is 0 Å². The van der Waals surface area contributed by atoms with Gasteiger partial charge >= 0.3 is 19.8 Å². The number of esters is 1. The van der Waals surface area contributed by atoms with Gasteiger partial charge < -0.3 is 25.2 Å². The van der Waals surface area contributed by atoms with Crippen molar-refractivity contribution in [1.82, 2.24) is 0 Å². The smallest absolute Gasteiger partial charge is 0.472 e. The zero-order chi connectivity index (χ0) is 45.5. The van der Waals surface area contributed by atoms with E-state index in [-0.39, 0.29) is 13.0 Å². The molecule has 0 fully saturated rings. The molecule has 3 atom stereocenters. The molecule has 364 valence electrons. The van der Waals surface area contributed by atoms with E-state index in [1.807, 2.05) is 0 Å². The van der Waals surface area contributed by atoms with Crippen LogP contribution in [0, 0.1) is 0 Å². The van der Waals surface area contributed by atoms with Crippen LogP contribution >= 0.6 is 7.82 Å². The van der Waals surface area contributed by atoms with Crippen molar-refractivity contribution in [3.63, 3.8) is 0 Å². The van der Waals surface area contributed by atoms with Crippen molar-refractivity contribution in [1.29, 1.82) is 0 Å². The molecule has 0 bridgehead atoms. The van der Waals surface area contributed by atoms with Crippen LogP contribution in [0.1, 0.15) is 239 Å². The lowest BCUT2D eigenvalue weighted by atomic mass is 10.0. The highest BCUT2D eigenvalue weighted by Crippen LogP contribution is 2.43. The van der Waals surface area contributed by atoms with Crippen molar-refractivity contribution in [2.75, 3.05) is 26.4 Å². The van der Waals surface area contributed by atoms with Crippen LogP contribution in [-0.4, -0.2) is 60.5 Å². The van der Waals surface area contributed by atoms with Gasteiger partial charge in [0, 0.05) is 13.0 Å². The van der Waals surface area contributed by atoms with Gasteiger partial charge in [0.25, 0.3) is 0 Å². The summed E-state index contributed by atoms with van der Waals surface area (Å²) in [5.74, 6) is -1.78. The molecule has 0 rings (SSSR count). The van der Waals surface area contributed by atoms with Gasteiger partial charge in [-0.3, -0.25) is 18.6 Å². The summed E-state index contributed by atoms with van der Waals surface area (Å²) >= 11 is 0. The maximum Gasteiger partial charge on any atom is 0.472 e. The summed E-state index contributed by atoms with van der Waals surface area (Å²) in [6.45, 7) is 3.90. The SMILES string of the molecule is CCCCCCC/C=C\C/C=C\C/C=C\CCCCCCCCC(=O)OC(COCCCCCCCCCCCCCCCCCCCCC)COP(=O)(O)OCC(N)C(=O)O. The lowest BCUT2D eigenvalue weighted by molar-refractivity contribution is -0.154. The largest absolute Gasteiger partial charge is 0.480 e. The molecule has 0 radical (unpaired) electrons. The third-order valence-corrected chi connectivity index (χ3v) is 12.1. The van der Waals surface area contributed by atoms with Gasteiger partial charge in [-0.25, -0.2) is 4.57 Å². The van der Waals surface area contributed by atoms with E-state index in [0.29, 0.717) is 13.0 Å². The van der Waals surface area contributed by atoms with E-state index in [4.69, 9.17) is 29.4 Å². The second-order valence-corrected chi connectivity index (χ2v) is 18.8. The number of carboxylic acids is 1. The molecule has 0 aliphatic rings. The summed E-state index contributed by atoms with van der Waals surface area (Å²) in [7, 11) is -4.62. The van der Waals surface area contributed by atoms with E-state index in [0.717, 1.165) is 70.6 Å². The molecule has 4 N–H and O–H groups in total. The Morgan fingerprint density at radius 3 is 1.32 bits per heavy atom. The minimum Gasteiger partial charge on any atom is -0.480 e. The molecule has 0 aromatic heterocycles. The Kier molecular flexibility index (Phi) is 45.8. The van der Waals surface area contributed by atoms with Gasteiger partial charge in [-0.2, -0.15) is 0 Å². The fourth-order valence-electron chi connectivity index (χ4n) is 7.20. The molecule has 0 amide bonds. The molecule has 0 aromatic carbocycles. The number of hydrogen-bond donors (Lipinski definition) is 3. The zero-order valence-electron chi connectivity index (χ0n) is 40.0. The van der Waals surface area contributed by atoms with E-state index in [1.54, 1.807) is 0 Å². The number of phosphoric ester groups is 1. The first kappa shape index (κ1) is 60.2. The van der Waals surface area contributed by atoms with Gasteiger partial charge in [-0.15, -0.1) is 0 Å². The number of unbranched alkanes of at least 4 members (excludes halogenated alkanes) is 29. The molecule has 0 heterocycles. The van der Waals surface area contributed by atoms with E-state index >= 15 is 0 Å². The summed E-state index contributed by atoms with van der Waals surface area (Å²) in [5, 5.41) is 8.93. The molecule has 0 spiro atoms. The molecule has 3 unspecified atom stereocenters. The summed E-state index contributed by atoms with van der Waals surface area (Å²) in [5.41, 5.74) is 5.37. The highest BCUT2D eigenvalue weighted by atomic mass is 31.2. The second-order valence-electron chi connectivity index (χ2n) is 17.3. The molecule has 0 aliphatic heterocycles. The molecule has 0 aliphatic carbocycles. The van der Waals surface area contributed by atoms with Gasteiger partial charge in [-0.1, -0.05) is 217 Å². The van der Waals surface area contributed by atoms with E-state index in [9.17, 15) is 19.0 Å². The Bertz CT molecular complexity index is 1130. The molecular weight excluding hydrogens is 802 g/mol. The number of allylic oxidation sites excluding steroid dienone is 6. The molecular formula is C51H96NO9P. The van der Waals surface area contributed by atoms with Crippen LogP contribution in [0.15, 0.2) is 36.5 Å². The van der Waals surface area contributed by atoms with Crippen molar-refractivity contribution in [2.45, 2.75) is 251 Å². The zero-order valence-corrected chi connectivity index (χ0v) is 40.9. The summed E-state index contributed by atoms with van der Waals surface area (Å²) in [6.07, 6.45) is 54.8. The summed E-state index contributed by atoms with van der Waals surface area (Å²) in [6, 6.07) is -1.48. The molecule has 0 saturated heterocycles. The lowest BCUT2D eigenvalue weighted by Gasteiger charge is -2.20. The predicted molar refractivity (Wildman–Crippen MR) is 258 cm³/mol.